The summed E-state index contributed by atoms with van der Waals surface area (Å²) in [6.45, 7) is 25.2. The SMILES string of the molecule is CCC(C)(C)C(=O)NCC(C)O.CCNC(=O)C(C)(C)CC.CCOC(=O)C(NC(=O)C(C)(C)CC)C(=O)OCC. The molecule has 0 aliphatic carbocycles. The molecule has 1 unspecified atom stereocenters. The van der Waals surface area contributed by atoms with Crippen LogP contribution in [0.1, 0.15) is 109 Å². The Morgan fingerprint density at radius 1 is 0.634 bits per heavy atom. The van der Waals surface area contributed by atoms with Crippen molar-refractivity contribution in [3.8, 4) is 0 Å². The van der Waals surface area contributed by atoms with Crippen molar-refractivity contribution in [3.63, 3.8) is 0 Å². The molecule has 11 heteroatoms. The van der Waals surface area contributed by atoms with Crippen molar-refractivity contribution in [1.29, 1.82) is 0 Å². The third kappa shape index (κ3) is 18.4. The molecule has 0 aliphatic heterocycles. The van der Waals surface area contributed by atoms with Gasteiger partial charge in [0.2, 0.25) is 23.8 Å². The van der Waals surface area contributed by atoms with Gasteiger partial charge in [0.1, 0.15) is 0 Å². The zero-order chi connectivity index (χ0) is 33.0. The van der Waals surface area contributed by atoms with E-state index in [2.05, 4.69) is 16.0 Å². The summed E-state index contributed by atoms with van der Waals surface area (Å²) >= 11 is 0. The lowest BCUT2D eigenvalue weighted by atomic mass is 9.89. The lowest BCUT2D eigenvalue weighted by Gasteiger charge is -2.24. The van der Waals surface area contributed by atoms with Gasteiger partial charge in [-0.15, -0.1) is 0 Å². The van der Waals surface area contributed by atoms with E-state index in [4.69, 9.17) is 14.6 Å². The normalized spacial score (nSPS) is 12.0. The Bertz CT molecular complexity index is 790. The van der Waals surface area contributed by atoms with E-state index < -0.39 is 29.5 Å². The highest BCUT2D eigenvalue weighted by atomic mass is 16.6. The van der Waals surface area contributed by atoms with Crippen LogP contribution in [0.25, 0.3) is 0 Å². The minimum atomic E-state index is -1.40. The Labute approximate surface area is 248 Å². The fraction of sp³-hybridized carbons (Fsp3) is 0.833. The third-order valence-electron chi connectivity index (χ3n) is 6.71. The second-order valence-electron chi connectivity index (χ2n) is 11.5. The molecule has 0 rings (SSSR count). The summed E-state index contributed by atoms with van der Waals surface area (Å²) < 4.78 is 9.53. The molecular weight excluding hydrogens is 530 g/mol. The van der Waals surface area contributed by atoms with Gasteiger partial charge in [0, 0.05) is 29.3 Å². The first-order valence-corrected chi connectivity index (χ1v) is 14.6. The minimum Gasteiger partial charge on any atom is -0.464 e. The van der Waals surface area contributed by atoms with E-state index in [0.717, 1.165) is 19.4 Å². The lowest BCUT2D eigenvalue weighted by Crippen LogP contribution is -2.51. The Morgan fingerprint density at radius 2 is 0.976 bits per heavy atom. The van der Waals surface area contributed by atoms with Crippen LogP contribution in [0.4, 0.5) is 0 Å². The zero-order valence-corrected chi connectivity index (χ0v) is 27.9. The van der Waals surface area contributed by atoms with Crippen LogP contribution in [0, 0.1) is 16.2 Å². The van der Waals surface area contributed by atoms with Gasteiger partial charge in [0.05, 0.1) is 19.3 Å². The first-order valence-electron chi connectivity index (χ1n) is 14.6. The summed E-state index contributed by atoms with van der Waals surface area (Å²) in [5.74, 6) is -1.84. The number of carbonyl (C=O) groups excluding carboxylic acids is 5. The van der Waals surface area contributed by atoms with Gasteiger partial charge in [-0.05, 0) is 47.0 Å². The molecule has 0 saturated heterocycles. The molecule has 41 heavy (non-hydrogen) atoms. The standard InChI is InChI=1S/C13H23NO5.C9H19NO2.C8H17NO/c1-6-13(4,5)12(17)14-9(10(15)18-7-2)11(16)19-8-3;1-5-9(3,4)8(12)10-6-7(2)11;1-5-8(3,4)7(10)9-6-2/h9H,6-8H2,1-5H3,(H,14,17);7,11H,5-6H2,1-4H3,(H,10,12);5-6H2,1-4H3,(H,9,10). The molecule has 0 radical (unpaired) electrons. The average Bonchev–Trinajstić information content (AvgIpc) is 2.90. The van der Waals surface area contributed by atoms with Gasteiger partial charge in [-0.1, -0.05) is 62.3 Å². The highest BCUT2D eigenvalue weighted by Crippen LogP contribution is 2.20. The van der Waals surface area contributed by atoms with E-state index in [1.165, 1.54) is 0 Å². The molecule has 0 aromatic heterocycles. The quantitative estimate of drug-likeness (QED) is 0.177. The van der Waals surface area contributed by atoms with Crippen LogP contribution in [0.5, 0.6) is 0 Å². The van der Waals surface area contributed by atoms with Gasteiger partial charge in [-0.25, -0.2) is 9.59 Å². The Kier molecular flexibility index (Phi) is 22.0. The molecule has 0 heterocycles. The minimum absolute atomic E-state index is 0.00546. The van der Waals surface area contributed by atoms with Crippen LogP contribution in [0.15, 0.2) is 0 Å². The highest BCUT2D eigenvalue weighted by molar-refractivity contribution is 6.03. The number of carbonyl (C=O) groups is 5. The maximum atomic E-state index is 12.0. The maximum absolute atomic E-state index is 12.0. The Hall–Kier alpha value is -2.69. The van der Waals surface area contributed by atoms with Crippen LogP contribution in [0.2, 0.25) is 0 Å². The number of rotatable bonds is 14. The van der Waals surface area contributed by atoms with Crippen LogP contribution in [-0.4, -0.2) is 73.2 Å². The van der Waals surface area contributed by atoms with Crippen LogP contribution in [0.3, 0.4) is 0 Å². The highest BCUT2D eigenvalue weighted by Gasteiger charge is 2.35. The average molecular weight is 590 g/mol. The number of aliphatic hydroxyl groups is 1. The fourth-order valence-corrected chi connectivity index (χ4v) is 2.35. The lowest BCUT2D eigenvalue weighted by molar-refractivity contribution is -0.160. The zero-order valence-electron chi connectivity index (χ0n) is 27.9. The van der Waals surface area contributed by atoms with Gasteiger partial charge < -0.3 is 30.5 Å². The molecule has 3 amide bonds. The summed E-state index contributed by atoms with van der Waals surface area (Å²) in [6, 6.07) is -1.40. The van der Waals surface area contributed by atoms with Crippen molar-refractivity contribution in [2.24, 2.45) is 16.2 Å². The first-order chi connectivity index (χ1) is 18.7. The Balaban J connectivity index is -0.000000565. The van der Waals surface area contributed by atoms with E-state index in [9.17, 15) is 24.0 Å². The Morgan fingerprint density at radius 3 is 1.27 bits per heavy atom. The first kappa shape index (κ1) is 42.8. The molecule has 242 valence electrons. The number of hydrogen-bond donors (Lipinski definition) is 4. The van der Waals surface area contributed by atoms with E-state index in [-0.39, 0.29) is 41.8 Å². The third-order valence-corrected chi connectivity index (χ3v) is 6.71. The number of esters is 2. The molecule has 0 fully saturated rings. The van der Waals surface area contributed by atoms with Crippen LogP contribution in [-0.2, 0) is 33.4 Å². The molecule has 0 aromatic rings. The number of amides is 3. The van der Waals surface area contributed by atoms with Crippen molar-refractivity contribution in [3.05, 3.63) is 0 Å². The van der Waals surface area contributed by atoms with Gasteiger partial charge in [0.25, 0.3) is 0 Å². The summed E-state index contributed by atoms with van der Waals surface area (Å²) in [5.41, 5.74) is -1.19. The maximum Gasteiger partial charge on any atom is 0.340 e. The number of nitrogens with one attached hydrogen (secondary N) is 3. The van der Waals surface area contributed by atoms with Crippen molar-refractivity contribution < 1.29 is 38.6 Å². The molecule has 11 nitrogen and oxygen atoms in total. The fourth-order valence-electron chi connectivity index (χ4n) is 2.35. The monoisotopic (exact) mass is 589 g/mol. The summed E-state index contributed by atoms with van der Waals surface area (Å²) in [7, 11) is 0. The molecular formula is C30H59N3O8. The molecule has 0 aliphatic rings. The molecule has 0 bridgehead atoms. The van der Waals surface area contributed by atoms with E-state index in [1.54, 1.807) is 34.6 Å². The molecule has 4 N–H and O–H groups in total. The summed E-state index contributed by atoms with van der Waals surface area (Å²) in [5, 5.41) is 16.8. The van der Waals surface area contributed by atoms with Crippen LogP contribution >= 0.6 is 0 Å². The van der Waals surface area contributed by atoms with Crippen LogP contribution < -0.4 is 16.0 Å². The van der Waals surface area contributed by atoms with E-state index in [1.807, 2.05) is 55.4 Å². The van der Waals surface area contributed by atoms with Crippen molar-refractivity contribution in [1.82, 2.24) is 16.0 Å². The number of ether oxygens (including phenoxy) is 2. The summed E-state index contributed by atoms with van der Waals surface area (Å²) in [4.78, 5) is 57.9. The summed E-state index contributed by atoms with van der Waals surface area (Å²) in [6.07, 6.45) is 1.80. The van der Waals surface area contributed by atoms with Crippen molar-refractivity contribution in [2.75, 3.05) is 26.3 Å². The topological polar surface area (TPSA) is 160 Å². The largest absolute Gasteiger partial charge is 0.464 e. The molecule has 1 atom stereocenters. The number of hydrogen-bond acceptors (Lipinski definition) is 8. The predicted octanol–water partition coefficient (Wildman–Crippen LogP) is 3.51. The van der Waals surface area contributed by atoms with E-state index in [0.29, 0.717) is 13.0 Å². The van der Waals surface area contributed by atoms with Gasteiger partial charge in [-0.2, -0.15) is 0 Å². The van der Waals surface area contributed by atoms with E-state index >= 15 is 0 Å². The van der Waals surface area contributed by atoms with Crippen molar-refractivity contribution in [2.45, 2.75) is 121 Å². The number of aliphatic hydroxyl groups excluding tert-OH is 1. The predicted molar refractivity (Wildman–Crippen MR) is 161 cm³/mol. The van der Waals surface area contributed by atoms with Crippen molar-refractivity contribution >= 4 is 29.7 Å². The van der Waals surface area contributed by atoms with Gasteiger partial charge in [-0.3, -0.25) is 14.4 Å². The second-order valence-corrected chi connectivity index (χ2v) is 11.5. The molecule has 0 spiro atoms. The smallest absolute Gasteiger partial charge is 0.340 e. The van der Waals surface area contributed by atoms with Gasteiger partial charge >= 0.3 is 11.9 Å². The molecule has 0 saturated carbocycles. The second kappa shape index (κ2) is 21.1. The molecule has 0 aromatic carbocycles. The van der Waals surface area contributed by atoms with Gasteiger partial charge in [0.15, 0.2) is 0 Å².